The predicted molar refractivity (Wildman–Crippen MR) is 90.0 cm³/mol. The molecule has 1 heterocycles. The van der Waals surface area contributed by atoms with Gasteiger partial charge < -0.3 is 10.1 Å². The summed E-state index contributed by atoms with van der Waals surface area (Å²) >= 11 is 5.90. The van der Waals surface area contributed by atoms with Gasteiger partial charge in [0.1, 0.15) is 11.4 Å². The molecule has 23 heavy (non-hydrogen) atoms. The maximum Gasteiger partial charge on any atom is 0.273 e. The highest BCUT2D eigenvalue weighted by atomic mass is 35.5. The Morgan fingerprint density at radius 2 is 2.00 bits per heavy atom. The number of hydrogen-bond donors (Lipinski definition) is 2. The van der Waals surface area contributed by atoms with Gasteiger partial charge in [0.05, 0.1) is 12.8 Å². The van der Waals surface area contributed by atoms with Crippen molar-refractivity contribution in [3.63, 3.8) is 0 Å². The number of anilines is 1. The third-order valence-electron chi connectivity index (χ3n) is 3.27. The molecule has 5 nitrogen and oxygen atoms in total. The van der Waals surface area contributed by atoms with E-state index in [0.717, 1.165) is 11.3 Å². The van der Waals surface area contributed by atoms with Gasteiger partial charge in [0.25, 0.3) is 5.91 Å². The maximum absolute atomic E-state index is 12.2. The number of methoxy groups -OCH3 is 1. The monoisotopic (exact) mass is 327 g/mol. The molecule has 0 aliphatic carbocycles. The highest BCUT2D eigenvalue weighted by Gasteiger charge is 2.12. The standard InChI is InChI=1S/C17H14ClN3O2/c1-23-14-7-2-4-11(8-14)15-10-16(21-20-15)17(22)19-13-6-3-5-12(18)9-13/h2-10H,1H3,(H,19,22)(H,20,21). The third kappa shape index (κ3) is 3.52. The van der Waals surface area contributed by atoms with E-state index < -0.39 is 0 Å². The lowest BCUT2D eigenvalue weighted by Gasteiger charge is -2.03. The number of aromatic nitrogens is 2. The number of benzene rings is 2. The molecule has 0 saturated heterocycles. The van der Waals surface area contributed by atoms with Gasteiger partial charge in [-0.2, -0.15) is 5.10 Å². The number of carbonyl (C=O) groups excluding carboxylic acids is 1. The second kappa shape index (κ2) is 6.54. The molecule has 0 atom stereocenters. The number of nitrogens with one attached hydrogen (secondary N) is 2. The molecular weight excluding hydrogens is 314 g/mol. The molecule has 2 N–H and O–H groups in total. The molecule has 0 radical (unpaired) electrons. The van der Waals surface area contributed by atoms with E-state index in [2.05, 4.69) is 15.5 Å². The molecule has 0 bridgehead atoms. The SMILES string of the molecule is COc1cccc(-c2cc(C(=O)Nc3cccc(Cl)c3)[nH]n2)c1. The van der Waals surface area contributed by atoms with Crippen LogP contribution in [0.1, 0.15) is 10.5 Å². The van der Waals surface area contributed by atoms with Gasteiger partial charge in [-0.1, -0.05) is 29.8 Å². The van der Waals surface area contributed by atoms with Crippen LogP contribution in [0.2, 0.25) is 5.02 Å². The van der Waals surface area contributed by atoms with Gasteiger partial charge in [-0.05, 0) is 36.4 Å². The number of halogens is 1. The molecule has 3 rings (SSSR count). The zero-order valence-electron chi connectivity index (χ0n) is 12.3. The number of H-pyrrole nitrogens is 1. The molecule has 0 saturated carbocycles. The van der Waals surface area contributed by atoms with E-state index in [9.17, 15) is 4.79 Å². The molecule has 2 aromatic carbocycles. The van der Waals surface area contributed by atoms with Crippen molar-refractivity contribution in [1.29, 1.82) is 0 Å². The second-order valence-corrected chi connectivity index (χ2v) is 5.30. The van der Waals surface area contributed by atoms with Crippen molar-refractivity contribution in [3.8, 4) is 17.0 Å². The Kier molecular flexibility index (Phi) is 4.30. The summed E-state index contributed by atoms with van der Waals surface area (Å²) in [5, 5.41) is 10.2. The Morgan fingerprint density at radius 3 is 2.78 bits per heavy atom. The van der Waals surface area contributed by atoms with Gasteiger partial charge in [0.15, 0.2) is 0 Å². The number of amides is 1. The summed E-state index contributed by atoms with van der Waals surface area (Å²) in [6, 6.07) is 16.1. The van der Waals surface area contributed by atoms with Crippen LogP contribution in [-0.4, -0.2) is 23.2 Å². The van der Waals surface area contributed by atoms with Gasteiger partial charge >= 0.3 is 0 Å². The van der Waals surface area contributed by atoms with E-state index >= 15 is 0 Å². The predicted octanol–water partition coefficient (Wildman–Crippen LogP) is 3.99. The summed E-state index contributed by atoms with van der Waals surface area (Å²) in [4.78, 5) is 12.2. The molecule has 3 aromatic rings. The van der Waals surface area contributed by atoms with Crippen molar-refractivity contribution in [2.45, 2.75) is 0 Å². The lowest BCUT2D eigenvalue weighted by atomic mass is 10.1. The Labute approximate surface area is 138 Å². The first kappa shape index (κ1) is 15.1. The van der Waals surface area contributed by atoms with Crippen molar-refractivity contribution < 1.29 is 9.53 Å². The van der Waals surface area contributed by atoms with Crippen LogP contribution in [0.15, 0.2) is 54.6 Å². The topological polar surface area (TPSA) is 67.0 Å². The molecule has 0 aliphatic rings. The molecule has 0 spiro atoms. The number of nitrogens with zero attached hydrogens (tertiary/aromatic N) is 1. The van der Waals surface area contributed by atoms with E-state index in [4.69, 9.17) is 16.3 Å². The summed E-state index contributed by atoms with van der Waals surface area (Å²) in [6.45, 7) is 0. The zero-order chi connectivity index (χ0) is 16.2. The Hall–Kier alpha value is -2.79. The van der Waals surface area contributed by atoms with Crippen molar-refractivity contribution >= 4 is 23.2 Å². The number of aromatic amines is 1. The van der Waals surface area contributed by atoms with E-state index in [0.29, 0.717) is 22.1 Å². The summed E-state index contributed by atoms with van der Waals surface area (Å²) in [7, 11) is 1.60. The lowest BCUT2D eigenvalue weighted by Crippen LogP contribution is -2.12. The van der Waals surface area contributed by atoms with Gasteiger partial charge in [-0.15, -0.1) is 0 Å². The van der Waals surface area contributed by atoms with E-state index in [1.807, 2.05) is 24.3 Å². The van der Waals surface area contributed by atoms with Crippen molar-refractivity contribution in [1.82, 2.24) is 10.2 Å². The minimum Gasteiger partial charge on any atom is -0.497 e. The molecule has 0 aliphatic heterocycles. The molecule has 116 valence electrons. The van der Waals surface area contributed by atoms with E-state index in [1.54, 1.807) is 37.4 Å². The van der Waals surface area contributed by atoms with Gasteiger partial charge in [-0.3, -0.25) is 9.89 Å². The molecule has 6 heteroatoms. The van der Waals surface area contributed by atoms with Crippen LogP contribution in [0.5, 0.6) is 5.75 Å². The highest BCUT2D eigenvalue weighted by molar-refractivity contribution is 6.30. The van der Waals surface area contributed by atoms with Crippen LogP contribution in [0.25, 0.3) is 11.3 Å². The average Bonchev–Trinajstić information content (AvgIpc) is 3.05. The fourth-order valence-electron chi connectivity index (χ4n) is 2.13. The van der Waals surface area contributed by atoms with Crippen LogP contribution in [0.4, 0.5) is 5.69 Å². The quantitative estimate of drug-likeness (QED) is 0.761. The zero-order valence-corrected chi connectivity index (χ0v) is 13.1. The molecule has 0 fully saturated rings. The molecule has 0 unspecified atom stereocenters. The van der Waals surface area contributed by atoms with E-state index in [-0.39, 0.29) is 5.91 Å². The summed E-state index contributed by atoms with van der Waals surface area (Å²) in [5.41, 5.74) is 2.52. The Balaban J connectivity index is 1.79. The Bertz CT molecular complexity index is 845. The maximum atomic E-state index is 12.2. The van der Waals surface area contributed by atoms with Crippen LogP contribution in [0.3, 0.4) is 0 Å². The van der Waals surface area contributed by atoms with Crippen LogP contribution >= 0.6 is 11.6 Å². The van der Waals surface area contributed by atoms with Crippen molar-refractivity contribution in [3.05, 3.63) is 65.3 Å². The minimum absolute atomic E-state index is 0.283. The van der Waals surface area contributed by atoms with Crippen molar-refractivity contribution in [2.24, 2.45) is 0 Å². The van der Waals surface area contributed by atoms with Gasteiger partial charge in [0.2, 0.25) is 0 Å². The first-order valence-corrected chi connectivity index (χ1v) is 7.30. The Morgan fingerprint density at radius 1 is 1.17 bits per heavy atom. The number of ether oxygens (including phenoxy) is 1. The number of rotatable bonds is 4. The second-order valence-electron chi connectivity index (χ2n) is 4.86. The number of hydrogen-bond acceptors (Lipinski definition) is 3. The fraction of sp³-hybridized carbons (Fsp3) is 0.0588. The number of carbonyl (C=O) groups is 1. The normalized spacial score (nSPS) is 10.3. The molecule has 1 amide bonds. The van der Waals surface area contributed by atoms with Gasteiger partial charge in [0, 0.05) is 16.3 Å². The first-order chi connectivity index (χ1) is 11.2. The van der Waals surface area contributed by atoms with Crippen LogP contribution in [0, 0.1) is 0 Å². The third-order valence-corrected chi connectivity index (χ3v) is 3.51. The lowest BCUT2D eigenvalue weighted by molar-refractivity contribution is 0.102. The highest BCUT2D eigenvalue weighted by Crippen LogP contribution is 2.23. The molecular formula is C17H14ClN3O2. The van der Waals surface area contributed by atoms with Crippen molar-refractivity contribution in [2.75, 3.05) is 12.4 Å². The minimum atomic E-state index is -0.283. The van der Waals surface area contributed by atoms with Gasteiger partial charge in [-0.25, -0.2) is 0 Å². The average molecular weight is 328 g/mol. The van der Waals surface area contributed by atoms with Crippen LogP contribution in [-0.2, 0) is 0 Å². The summed E-state index contributed by atoms with van der Waals surface area (Å²) in [5.74, 6) is 0.448. The van der Waals surface area contributed by atoms with E-state index in [1.165, 1.54) is 0 Å². The molecule has 1 aromatic heterocycles. The smallest absolute Gasteiger partial charge is 0.273 e. The largest absolute Gasteiger partial charge is 0.497 e. The van der Waals surface area contributed by atoms with Crippen LogP contribution < -0.4 is 10.1 Å². The summed E-state index contributed by atoms with van der Waals surface area (Å²) < 4.78 is 5.19. The fourth-order valence-corrected chi connectivity index (χ4v) is 2.32. The first-order valence-electron chi connectivity index (χ1n) is 6.92. The summed E-state index contributed by atoms with van der Waals surface area (Å²) in [6.07, 6.45) is 0.